The van der Waals surface area contributed by atoms with Crippen molar-refractivity contribution >= 4 is 22.4 Å². The zero-order valence-corrected chi connectivity index (χ0v) is 12.4. The molecule has 21 heavy (non-hydrogen) atoms. The van der Waals surface area contributed by atoms with E-state index in [4.69, 9.17) is 0 Å². The number of amides is 1. The number of hydrogen-bond donors (Lipinski definition) is 2. The Morgan fingerprint density at radius 2 is 2.33 bits per heavy atom. The van der Waals surface area contributed by atoms with Gasteiger partial charge in [0.15, 0.2) is 0 Å². The van der Waals surface area contributed by atoms with Crippen molar-refractivity contribution in [3.8, 4) is 0 Å². The topological polar surface area (TPSA) is 54.0 Å². The number of nitrogens with zero attached hydrogens (tertiary/aromatic N) is 1. The maximum Gasteiger partial charge on any atom is 0.231 e. The van der Waals surface area contributed by atoms with E-state index in [1.54, 1.807) is 6.20 Å². The van der Waals surface area contributed by atoms with Crippen LogP contribution in [0.15, 0.2) is 36.7 Å². The van der Waals surface area contributed by atoms with E-state index in [2.05, 4.69) is 22.5 Å². The number of benzene rings is 1. The van der Waals surface area contributed by atoms with Crippen LogP contribution in [0.4, 0.5) is 5.69 Å². The predicted octanol–water partition coefficient (Wildman–Crippen LogP) is 2.95. The maximum atomic E-state index is 12.8. The minimum atomic E-state index is -0.265. The Balaban J connectivity index is 1.89. The molecular formula is C17H21N3O. The zero-order chi connectivity index (χ0) is 14.7. The van der Waals surface area contributed by atoms with Gasteiger partial charge in [0.05, 0.1) is 11.1 Å². The molecule has 2 aromatic rings. The van der Waals surface area contributed by atoms with Gasteiger partial charge in [0.25, 0.3) is 0 Å². The average Bonchev–Trinajstić information content (AvgIpc) is 2.98. The molecule has 0 spiro atoms. The predicted molar refractivity (Wildman–Crippen MR) is 85.2 cm³/mol. The van der Waals surface area contributed by atoms with Gasteiger partial charge in [-0.05, 0) is 36.9 Å². The number of carbonyl (C=O) groups is 1. The van der Waals surface area contributed by atoms with E-state index in [0.29, 0.717) is 0 Å². The summed E-state index contributed by atoms with van der Waals surface area (Å²) in [4.78, 5) is 17.0. The first-order chi connectivity index (χ1) is 10.2. The van der Waals surface area contributed by atoms with Gasteiger partial charge in [-0.1, -0.05) is 25.5 Å². The molecule has 4 heteroatoms. The van der Waals surface area contributed by atoms with Crippen LogP contribution in [-0.4, -0.2) is 24.0 Å². The Bertz CT molecular complexity index is 642. The minimum absolute atomic E-state index is 0.130. The smallest absolute Gasteiger partial charge is 0.231 e. The molecule has 2 heterocycles. The lowest BCUT2D eigenvalue weighted by Gasteiger charge is -2.26. The van der Waals surface area contributed by atoms with Crippen LogP contribution in [-0.2, 0) is 4.79 Å². The molecule has 0 saturated carbocycles. The van der Waals surface area contributed by atoms with Crippen molar-refractivity contribution in [2.24, 2.45) is 5.41 Å². The molecule has 1 aromatic heterocycles. The highest BCUT2D eigenvalue weighted by atomic mass is 16.2. The number of fused-ring (bicyclic) bond motifs is 1. The molecule has 1 amide bonds. The Hall–Kier alpha value is -1.94. The van der Waals surface area contributed by atoms with Crippen molar-refractivity contribution in [3.63, 3.8) is 0 Å². The van der Waals surface area contributed by atoms with Crippen molar-refractivity contribution < 1.29 is 4.79 Å². The fourth-order valence-electron chi connectivity index (χ4n) is 3.22. The number of aromatic nitrogens is 1. The number of rotatable bonds is 4. The lowest BCUT2D eigenvalue weighted by Crippen LogP contribution is -2.38. The number of pyridine rings is 1. The highest BCUT2D eigenvalue weighted by molar-refractivity contribution is 6.03. The largest absolute Gasteiger partial charge is 0.325 e. The molecule has 1 aliphatic heterocycles. The number of anilines is 1. The molecule has 1 unspecified atom stereocenters. The molecule has 0 bridgehead atoms. The second kappa shape index (κ2) is 5.82. The van der Waals surface area contributed by atoms with Gasteiger partial charge < -0.3 is 10.6 Å². The summed E-state index contributed by atoms with van der Waals surface area (Å²) in [6.45, 7) is 3.83. The van der Waals surface area contributed by atoms with Gasteiger partial charge in [0.1, 0.15) is 0 Å². The third-order valence-corrected chi connectivity index (χ3v) is 4.39. The number of nitrogens with one attached hydrogen (secondary N) is 2. The van der Waals surface area contributed by atoms with Gasteiger partial charge in [-0.3, -0.25) is 9.78 Å². The summed E-state index contributed by atoms with van der Waals surface area (Å²) >= 11 is 0. The second-order valence-electron chi connectivity index (χ2n) is 5.81. The molecule has 4 nitrogen and oxygen atoms in total. The number of carbonyl (C=O) groups excluding carboxylic acids is 1. The van der Waals surface area contributed by atoms with Crippen LogP contribution in [0.5, 0.6) is 0 Å². The maximum absolute atomic E-state index is 12.8. The van der Waals surface area contributed by atoms with Crippen LogP contribution in [0.3, 0.4) is 0 Å². The van der Waals surface area contributed by atoms with Crippen LogP contribution in [0, 0.1) is 5.41 Å². The van der Waals surface area contributed by atoms with Gasteiger partial charge in [-0.15, -0.1) is 0 Å². The molecule has 0 aliphatic carbocycles. The highest BCUT2D eigenvalue weighted by Crippen LogP contribution is 2.33. The molecule has 1 aromatic carbocycles. The fraction of sp³-hybridized carbons (Fsp3) is 0.412. The van der Waals surface area contributed by atoms with Crippen LogP contribution < -0.4 is 10.6 Å². The summed E-state index contributed by atoms with van der Waals surface area (Å²) < 4.78 is 0. The van der Waals surface area contributed by atoms with Gasteiger partial charge >= 0.3 is 0 Å². The number of hydrogen-bond acceptors (Lipinski definition) is 3. The molecule has 1 atom stereocenters. The van der Waals surface area contributed by atoms with E-state index in [9.17, 15) is 4.79 Å². The van der Waals surface area contributed by atoms with Gasteiger partial charge in [0, 0.05) is 24.3 Å². The molecule has 0 radical (unpaired) electrons. The van der Waals surface area contributed by atoms with E-state index < -0.39 is 0 Å². The summed E-state index contributed by atoms with van der Waals surface area (Å²) in [6, 6.07) is 7.91. The van der Waals surface area contributed by atoms with E-state index in [1.165, 1.54) is 0 Å². The lowest BCUT2D eigenvalue weighted by molar-refractivity contribution is -0.125. The standard InChI is InChI=1S/C17H21N3O/c1-2-7-17(8-10-19-12-17)16(21)20-15-5-3-4-13-6-9-18-11-14(13)15/h3-6,9,11,19H,2,7-8,10,12H2,1H3,(H,20,21). The van der Waals surface area contributed by atoms with Crippen molar-refractivity contribution in [3.05, 3.63) is 36.7 Å². The molecule has 110 valence electrons. The first-order valence-corrected chi connectivity index (χ1v) is 7.60. The van der Waals surface area contributed by atoms with Crippen LogP contribution >= 0.6 is 0 Å². The van der Waals surface area contributed by atoms with Gasteiger partial charge in [0.2, 0.25) is 5.91 Å². The Morgan fingerprint density at radius 3 is 3.10 bits per heavy atom. The third kappa shape index (κ3) is 2.63. The molecule has 1 aliphatic rings. The van der Waals surface area contributed by atoms with Crippen LogP contribution in [0.25, 0.3) is 10.8 Å². The highest BCUT2D eigenvalue weighted by Gasteiger charge is 2.40. The van der Waals surface area contributed by atoms with Gasteiger partial charge in [-0.25, -0.2) is 0 Å². The zero-order valence-electron chi connectivity index (χ0n) is 12.4. The van der Waals surface area contributed by atoms with Crippen molar-refractivity contribution in [1.29, 1.82) is 0 Å². The van der Waals surface area contributed by atoms with E-state index in [-0.39, 0.29) is 11.3 Å². The Kier molecular flexibility index (Phi) is 3.88. The molecule has 2 N–H and O–H groups in total. The fourth-order valence-corrected chi connectivity index (χ4v) is 3.22. The second-order valence-corrected chi connectivity index (χ2v) is 5.81. The third-order valence-electron chi connectivity index (χ3n) is 4.39. The first kappa shape index (κ1) is 14.0. The summed E-state index contributed by atoms with van der Waals surface area (Å²) in [6.07, 6.45) is 6.44. The summed E-state index contributed by atoms with van der Waals surface area (Å²) in [5, 5.41) is 8.55. The molecule has 3 rings (SSSR count). The SMILES string of the molecule is CCCC1(C(=O)Nc2cccc3ccncc23)CCNC1. The van der Waals surface area contributed by atoms with E-state index in [0.717, 1.165) is 48.8 Å². The first-order valence-electron chi connectivity index (χ1n) is 7.60. The quantitative estimate of drug-likeness (QED) is 0.907. The summed E-state index contributed by atoms with van der Waals surface area (Å²) in [7, 11) is 0. The normalized spacial score (nSPS) is 21.6. The van der Waals surface area contributed by atoms with Crippen LogP contribution in [0.2, 0.25) is 0 Å². The summed E-state index contributed by atoms with van der Waals surface area (Å²) in [5.74, 6) is 0.130. The summed E-state index contributed by atoms with van der Waals surface area (Å²) in [5.41, 5.74) is 0.590. The van der Waals surface area contributed by atoms with E-state index in [1.807, 2.05) is 30.5 Å². The molecular weight excluding hydrogens is 262 g/mol. The molecule has 1 saturated heterocycles. The van der Waals surface area contributed by atoms with Crippen LogP contribution in [0.1, 0.15) is 26.2 Å². The molecule has 1 fully saturated rings. The minimum Gasteiger partial charge on any atom is -0.325 e. The van der Waals surface area contributed by atoms with Crippen molar-refractivity contribution in [1.82, 2.24) is 10.3 Å². The lowest BCUT2D eigenvalue weighted by atomic mass is 9.81. The van der Waals surface area contributed by atoms with Crippen molar-refractivity contribution in [2.75, 3.05) is 18.4 Å². The Labute approximate surface area is 125 Å². The Morgan fingerprint density at radius 1 is 1.43 bits per heavy atom. The monoisotopic (exact) mass is 283 g/mol. The van der Waals surface area contributed by atoms with Crippen molar-refractivity contribution in [2.45, 2.75) is 26.2 Å². The van der Waals surface area contributed by atoms with Gasteiger partial charge in [-0.2, -0.15) is 0 Å². The average molecular weight is 283 g/mol. The van der Waals surface area contributed by atoms with E-state index >= 15 is 0 Å².